The highest BCUT2D eigenvalue weighted by Crippen LogP contribution is 2.33. The number of nitrogens with one attached hydrogen (secondary N) is 3. The summed E-state index contributed by atoms with van der Waals surface area (Å²) in [5.74, 6) is 1.12. The van der Waals surface area contributed by atoms with Crippen molar-refractivity contribution < 1.29 is 14.3 Å². The highest BCUT2D eigenvalue weighted by Gasteiger charge is 2.28. The largest absolute Gasteiger partial charge is 0.494 e. The maximum absolute atomic E-state index is 13.3. The Morgan fingerprint density at radius 1 is 0.927 bits per heavy atom. The lowest BCUT2D eigenvalue weighted by Gasteiger charge is -2.29. The van der Waals surface area contributed by atoms with Gasteiger partial charge in [-0.2, -0.15) is 0 Å². The average molecular weight is 571 g/mol. The fourth-order valence-corrected chi connectivity index (χ4v) is 7.25. The van der Waals surface area contributed by atoms with Crippen molar-refractivity contribution >= 4 is 55.0 Å². The molecule has 2 amide bonds. The van der Waals surface area contributed by atoms with Crippen molar-refractivity contribution in [1.29, 1.82) is 0 Å². The van der Waals surface area contributed by atoms with Gasteiger partial charge in [-0.05, 0) is 74.1 Å². The summed E-state index contributed by atoms with van der Waals surface area (Å²) < 4.78 is 6.91. The third kappa shape index (κ3) is 6.39. The Morgan fingerprint density at radius 2 is 1.73 bits per heavy atom. The number of thiazole rings is 1. The summed E-state index contributed by atoms with van der Waals surface area (Å²) in [5, 5.41) is 12.9. The zero-order chi connectivity index (χ0) is 28.2. The number of ether oxygens (including phenoxy) is 1. The second kappa shape index (κ2) is 12.6. The zero-order valence-corrected chi connectivity index (χ0v) is 24.4. The molecule has 0 unspecified atom stereocenters. The number of benzene rings is 3. The number of hydrogen-bond donors (Lipinski definition) is 3. The first-order chi connectivity index (χ1) is 20.1. The average Bonchev–Trinajstić information content (AvgIpc) is 3.67. The van der Waals surface area contributed by atoms with Crippen molar-refractivity contribution in [2.75, 3.05) is 17.2 Å². The van der Waals surface area contributed by atoms with E-state index in [1.165, 1.54) is 27.7 Å². The van der Waals surface area contributed by atoms with Gasteiger partial charge in [0.1, 0.15) is 5.75 Å². The molecule has 4 aromatic rings. The zero-order valence-electron chi connectivity index (χ0n) is 23.6. The molecule has 2 aliphatic carbocycles. The standard InChI is InChI=1S/C33H38N4O3S/c1-2-40-29-17-14-21-8-5-6-13-26(21)27(29)20-34-24-12-7-11-23(18-24)32(39)35-25-15-16-28-30(19-25)41-33(36-28)37-31(38)22-9-3-4-10-22/h5-6,8,13-17,19,22-24,34H,2-4,7,9-12,18,20H2,1H3,(H,35,39)(H,36,37,38)/t23-,24+/m1/s1. The summed E-state index contributed by atoms with van der Waals surface area (Å²) in [7, 11) is 0. The van der Waals surface area contributed by atoms with E-state index in [1.54, 1.807) is 0 Å². The summed E-state index contributed by atoms with van der Waals surface area (Å²) in [6, 6.07) is 18.6. The molecule has 0 saturated heterocycles. The van der Waals surface area contributed by atoms with E-state index in [0.29, 0.717) is 18.3 Å². The van der Waals surface area contributed by atoms with Crippen LogP contribution in [0.1, 0.15) is 63.9 Å². The van der Waals surface area contributed by atoms with E-state index in [4.69, 9.17) is 4.74 Å². The minimum Gasteiger partial charge on any atom is -0.494 e. The van der Waals surface area contributed by atoms with Gasteiger partial charge < -0.3 is 20.7 Å². The third-order valence-electron chi connectivity index (χ3n) is 8.52. The molecule has 6 rings (SSSR count). The highest BCUT2D eigenvalue weighted by molar-refractivity contribution is 7.22. The molecule has 0 spiro atoms. The van der Waals surface area contributed by atoms with Crippen LogP contribution in [0.3, 0.4) is 0 Å². The summed E-state index contributed by atoms with van der Waals surface area (Å²) in [4.78, 5) is 30.4. The van der Waals surface area contributed by atoms with Gasteiger partial charge in [-0.1, -0.05) is 60.9 Å². The minimum atomic E-state index is -0.0430. The molecule has 214 valence electrons. The Balaban J connectivity index is 1.07. The van der Waals surface area contributed by atoms with Crippen LogP contribution in [0.25, 0.3) is 21.0 Å². The Bertz CT molecular complexity index is 1540. The van der Waals surface area contributed by atoms with Crippen LogP contribution in [0.4, 0.5) is 10.8 Å². The second-order valence-electron chi connectivity index (χ2n) is 11.3. The van der Waals surface area contributed by atoms with Crippen LogP contribution in [-0.4, -0.2) is 29.4 Å². The third-order valence-corrected chi connectivity index (χ3v) is 9.46. The van der Waals surface area contributed by atoms with Gasteiger partial charge >= 0.3 is 0 Å². The number of aromatic nitrogens is 1. The van der Waals surface area contributed by atoms with E-state index >= 15 is 0 Å². The van der Waals surface area contributed by atoms with E-state index in [0.717, 1.165) is 73.0 Å². The number of rotatable bonds is 9. The van der Waals surface area contributed by atoms with E-state index < -0.39 is 0 Å². The number of nitrogens with zero attached hydrogens (tertiary/aromatic N) is 1. The fourth-order valence-electron chi connectivity index (χ4n) is 6.34. The van der Waals surface area contributed by atoms with Crippen molar-refractivity contribution in [3.8, 4) is 5.75 Å². The molecule has 2 atom stereocenters. The SMILES string of the molecule is CCOc1ccc2ccccc2c1CN[C@H]1CCC[C@@H](C(=O)Nc2ccc3nc(NC(=O)C4CCCC4)sc3c2)C1. The summed E-state index contributed by atoms with van der Waals surface area (Å²) in [5.41, 5.74) is 2.77. The van der Waals surface area contributed by atoms with Crippen LogP contribution < -0.4 is 20.7 Å². The first-order valence-corrected chi connectivity index (χ1v) is 15.8. The predicted octanol–water partition coefficient (Wildman–Crippen LogP) is 7.26. The normalized spacial score (nSPS) is 19.4. The maximum Gasteiger partial charge on any atom is 0.229 e. The van der Waals surface area contributed by atoms with Crippen LogP contribution in [-0.2, 0) is 16.1 Å². The van der Waals surface area contributed by atoms with Gasteiger partial charge in [0.25, 0.3) is 0 Å². The first-order valence-electron chi connectivity index (χ1n) is 15.0. The molecule has 0 bridgehead atoms. The van der Waals surface area contributed by atoms with Crippen molar-refractivity contribution in [2.45, 2.75) is 70.9 Å². The fraction of sp³-hybridized carbons (Fsp3) is 0.424. The topological polar surface area (TPSA) is 92.3 Å². The number of fused-ring (bicyclic) bond motifs is 2. The van der Waals surface area contributed by atoms with Crippen molar-refractivity contribution in [3.63, 3.8) is 0 Å². The Labute approximate surface area is 245 Å². The maximum atomic E-state index is 13.3. The number of anilines is 2. The summed E-state index contributed by atoms with van der Waals surface area (Å²) in [6.45, 7) is 3.34. The number of carbonyl (C=O) groups is 2. The van der Waals surface area contributed by atoms with Crippen molar-refractivity contribution in [2.24, 2.45) is 11.8 Å². The summed E-state index contributed by atoms with van der Waals surface area (Å²) >= 11 is 1.46. The monoisotopic (exact) mass is 570 g/mol. The lowest BCUT2D eigenvalue weighted by atomic mass is 9.85. The van der Waals surface area contributed by atoms with Gasteiger partial charge in [0.2, 0.25) is 11.8 Å². The molecule has 3 N–H and O–H groups in total. The Hall–Kier alpha value is -3.49. The van der Waals surface area contributed by atoms with Gasteiger partial charge in [-0.15, -0.1) is 0 Å². The molecule has 2 saturated carbocycles. The molecule has 7 nitrogen and oxygen atoms in total. The smallest absolute Gasteiger partial charge is 0.229 e. The van der Waals surface area contributed by atoms with Gasteiger partial charge in [-0.25, -0.2) is 4.98 Å². The molecular weight excluding hydrogens is 532 g/mol. The first kappa shape index (κ1) is 27.7. The van der Waals surface area contributed by atoms with E-state index in [-0.39, 0.29) is 29.7 Å². The molecule has 2 aliphatic rings. The van der Waals surface area contributed by atoms with Gasteiger partial charge in [-0.3, -0.25) is 9.59 Å². The molecule has 3 aromatic carbocycles. The quantitative estimate of drug-likeness (QED) is 0.197. The molecule has 0 aliphatic heterocycles. The van der Waals surface area contributed by atoms with E-state index in [9.17, 15) is 9.59 Å². The predicted molar refractivity (Wildman–Crippen MR) is 167 cm³/mol. The Morgan fingerprint density at radius 3 is 2.59 bits per heavy atom. The van der Waals surface area contributed by atoms with Crippen LogP contribution in [0.15, 0.2) is 54.6 Å². The number of amides is 2. The van der Waals surface area contributed by atoms with Crippen molar-refractivity contribution in [1.82, 2.24) is 10.3 Å². The van der Waals surface area contributed by atoms with Crippen LogP contribution >= 0.6 is 11.3 Å². The van der Waals surface area contributed by atoms with Crippen LogP contribution in [0, 0.1) is 11.8 Å². The van der Waals surface area contributed by atoms with Crippen LogP contribution in [0.5, 0.6) is 5.75 Å². The summed E-state index contributed by atoms with van der Waals surface area (Å²) in [6.07, 6.45) is 7.94. The van der Waals surface area contributed by atoms with Gasteiger partial charge in [0, 0.05) is 35.7 Å². The second-order valence-corrected chi connectivity index (χ2v) is 12.3. The van der Waals surface area contributed by atoms with E-state index in [2.05, 4.69) is 57.3 Å². The van der Waals surface area contributed by atoms with Crippen molar-refractivity contribution in [3.05, 3.63) is 60.2 Å². The molecule has 0 radical (unpaired) electrons. The molecule has 1 aromatic heterocycles. The molecule has 41 heavy (non-hydrogen) atoms. The lowest BCUT2D eigenvalue weighted by molar-refractivity contribution is -0.121. The Kier molecular flexibility index (Phi) is 8.49. The lowest BCUT2D eigenvalue weighted by Crippen LogP contribution is -2.37. The van der Waals surface area contributed by atoms with Gasteiger partial charge in [0.05, 0.1) is 16.8 Å². The number of hydrogen-bond acceptors (Lipinski definition) is 6. The molecular formula is C33H38N4O3S. The molecule has 1 heterocycles. The van der Waals surface area contributed by atoms with Crippen LogP contribution in [0.2, 0.25) is 0 Å². The molecule has 2 fully saturated rings. The minimum absolute atomic E-state index is 0.0430. The van der Waals surface area contributed by atoms with E-state index in [1.807, 2.05) is 25.1 Å². The molecule has 8 heteroatoms. The highest BCUT2D eigenvalue weighted by atomic mass is 32.1. The van der Waals surface area contributed by atoms with Gasteiger partial charge in [0.15, 0.2) is 5.13 Å². The number of carbonyl (C=O) groups excluding carboxylic acids is 2.